The molecule has 20 heavy (non-hydrogen) atoms. The summed E-state index contributed by atoms with van der Waals surface area (Å²) in [5.41, 5.74) is 0. The van der Waals surface area contributed by atoms with Crippen LogP contribution in [0.5, 0.6) is 0 Å². The smallest absolute Gasteiger partial charge is 0.245 e. The van der Waals surface area contributed by atoms with Crippen LogP contribution in [0.3, 0.4) is 0 Å². The maximum Gasteiger partial charge on any atom is 0.245 e. The van der Waals surface area contributed by atoms with Crippen molar-refractivity contribution in [3.05, 3.63) is 0 Å². The van der Waals surface area contributed by atoms with Gasteiger partial charge in [-0.3, -0.25) is 9.59 Å². The lowest BCUT2D eigenvalue weighted by Gasteiger charge is -2.43. The number of amides is 2. The van der Waals surface area contributed by atoms with E-state index >= 15 is 0 Å². The molecule has 4 nitrogen and oxygen atoms in total. The van der Waals surface area contributed by atoms with Crippen LogP contribution in [0.4, 0.5) is 0 Å². The number of nitrogens with zero attached hydrogens (tertiary/aromatic N) is 1. The molecule has 1 aliphatic carbocycles. The highest BCUT2D eigenvalue weighted by Gasteiger charge is 2.40. The molecule has 2 rings (SSSR count). The third-order valence-electron chi connectivity index (χ3n) is 4.31. The number of carbonyl (C=O) groups is 2. The molecular formula is C15H26N2O2S. The summed E-state index contributed by atoms with van der Waals surface area (Å²) in [6.45, 7) is 4.42. The number of nitrogens with one attached hydrogen (secondary N) is 1. The van der Waals surface area contributed by atoms with Crippen LogP contribution in [0.25, 0.3) is 0 Å². The van der Waals surface area contributed by atoms with Crippen molar-refractivity contribution < 1.29 is 9.59 Å². The number of hydrogen-bond acceptors (Lipinski definition) is 3. The molecule has 1 saturated heterocycles. The minimum Gasteiger partial charge on any atom is -0.343 e. The van der Waals surface area contributed by atoms with Gasteiger partial charge in [-0.05, 0) is 31.4 Å². The van der Waals surface area contributed by atoms with E-state index in [0.29, 0.717) is 11.2 Å². The Morgan fingerprint density at radius 3 is 2.65 bits per heavy atom. The Hall–Kier alpha value is -0.710. The Kier molecular flexibility index (Phi) is 5.35. The molecule has 2 amide bonds. The average molecular weight is 298 g/mol. The molecule has 0 spiro atoms. The van der Waals surface area contributed by atoms with Crippen molar-refractivity contribution in [1.82, 2.24) is 10.2 Å². The Labute approximate surface area is 126 Å². The number of thioether (sulfide) groups is 1. The molecule has 2 fully saturated rings. The fourth-order valence-corrected chi connectivity index (χ4v) is 4.35. The zero-order chi connectivity index (χ0) is 14.7. The summed E-state index contributed by atoms with van der Waals surface area (Å²) in [5.74, 6) is 0.539. The Balaban J connectivity index is 2.12. The van der Waals surface area contributed by atoms with Gasteiger partial charge in [0.1, 0.15) is 6.04 Å². The van der Waals surface area contributed by atoms with Crippen LogP contribution < -0.4 is 5.32 Å². The summed E-state index contributed by atoms with van der Waals surface area (Å²) in [4.78, 5) is 26.5. The largest absolute Gasteiger partial charge is 0.343 e. The Morgan fingerprint density at radius 2 is 2.00 bits per heavy atom. The van der Waals surface area contributed by atoms with Crippen molar-refractivity contribution in [2.24, 2.45) is 5.92 Å². The van der Waals surface area contributed by atoms with Crippen LogP contribution >= 0.6 is 11.8 Å². The second-order valence-corrected chi connectivity index (χ2v) is 7.42. The van der Waals surface area contributed by atoms with E-state index in [1.807, 2.05) is 16.7 Å². The Morgan fingerprint density at radius 1 is 1.30 bits per heavy atom. The van der Waals surface area contributed by atoms with E-state index in [-0.39, 0.29) is 30.4 Å². The van der Waals surface area contributed by atoms with Crippen molar-refractivity contribution in [2.75, 3.05) is 12.8 Å². The molecule has 1 saturated carbocycles. The van der Waals surface area contributed by atoms with Gasteiger partial charge in [0, 0.05) is 11.3 Å². The van der Waals surface area contributed by atoms with E-state index < -0.39 is 0 Å². The highest BCUT2D eigenvalue weighted by Crippen LogP contribution is 2.32. The van der Waals surface area contributed by atoms with Gasteiger partial charge >= 0.3 is 0 Å². The van der Waals surface area contributed by atoms with Gasteiger partial charge in [0.25, 0.3) is 0 Å². The standard InChI is InChI=1S/C15H26N2O2S/c1-10(2)8-11-15(19)17(9-14(18)16-11)12-6-4-5-7-13(12)20-3/h10-13H,4-9H2,1-3H3,(H,16,18). The van der Waals surface area contributed by atoms with Crippen LogP contribution in [0.2, 0.25) is 0 Å². The number of carbonyl (C=O) groups excluding carboxylic acids is 2. The first-order valence-corrected chi connectivity index (χ1v) is 8.94. The van der Waals surface area contributed by atoms with Crippen LogP contribution in [-0.2, 0) is 9.59 Å². The fraction of sp³-hybridized carbons (Fsp3) is 0.867. The number of rotatable bonds is 4. The van der Waals surface area contributed by atoms with Gasteiger partial charge in [-0.2, -0.15) is 11.8 Å². The lowest BCUT2D eigenvalue weighted by atomic mass is 9.91. The fourth-order valence-electron chi connectivity index (χ4n) is 3.36. The Bertz CT molecular complexity index is 373. The molecule has 2 aliphatic rings. The van der Waals surface area contributed by atoms with Crippen LogP contribution in [0.1, 0.15) is 46.0 Å². The lowest BCUT2D eigenvalue weighted by molar-refractivity contribution is -0.147. The minimum absolute atomic E-state index is 0.000626. The van der Waals surface area contributed by atoms with Crippen molar-refractivity contribution in [1.29, 1.82) is 0 Å². The normalized spacial score (nSPS) is 31.6. The third-order valence-corrected chi connectivity index (χ3v) is 5.46. The van der Waals surface area contributed by atoms with E-state index in [1.165, 1.54) is 12.8 Å². The van der Waals surface area contributed by atoms with Crippen molar-refractivity contribution in [2.45, 2.75) is 63.3 Å². The van der Waals surface area contributed by atoms with Crippen molar-refractivity contribution in [3.8, 4) is 0 Å². The molecule has 5 heteroatoms. The quantitative estimate of drug-likeness (QED) is 0.864. The van der Waals surface area contributed by atoms with E-state index in [0.717, 1.165) is 19.3 Å². The molecule has 0 aromatic carbocycles. The highest BCUT2D eigenvalue weighted by molar-refractivity contribution is 7.99. The van der Waals surface area contributed by atoms with Gasteiger partial charge < -0.3 is 10.2 Å². The lowest BCUT2D eigenvalue weighted by Crippen LogP contribution is -2.62. The van der Waals surface area contributed by atoms with E-state index in [2.05, 4.69) is 25.4 Å². The summed E-state index contributed by atoms with van der Waals surface area (Å²) in [5, 5.41) is 3.35. The van der Waals surface area contributed by atoms with Gasteiger partial charge in [-0.1, -0.05) is 26.7 Å². The van der Waals surface area contributed by atoms with E-state index in [4.69, 9.17) is 0 Å². The van der Waals surface area contributed by atoms with E-state index in [1.54, 1.807) is 0 Å². The number of piperazine rings is 1. The third kappa shape index (κ3) is 3.48. The molecule has 0 bridgehead atoms. The molecular weight excluding hydrogens is 272 g/mol. The predicted molar refractivity (Wildman–Crippen MR) is 82.7 cm³/mol. The van der Waals surface area contributed by atoms with Gasteiger partial charge in [0.15, 0.2) is 0 Å². The van der Waals surface area contributed by atoms with Gasteiger partial charge in [0.05, 0.1) is 6.54 Å². The van der Waals surface area contributed by atoms with Crippen LogP contribution in [-0.4, -0.2) is 46.8 Å². The first-order valence-electron chi connectivity index (χ1n) is 7.65. The van der Waals surface area contributed by atoms with Crippen molar-refractivity contribution >= 4 is 23.6 Å². The second kappa shape index (κ2) is 6.83. The molecule has 0 aromatic rings. The maximum absolute atomic E-state index is 12.7. The summed E-state index contributed by atoms with van der Waals surface area (Å²) < 4.78 is 0. The van der Waals surface area contributed by atoms with Gasteiger partial charge in [-0.15, -0.1) is 0 Å². The SMILES string of the molecule is CSC1CCCCC1N1CC(=O)NC(CC(C)C)C1=O. The molecule has 1 N–H and O–H groups in total. The predicted octanol–water partition coefficient (Wildman–Crippen LogP) is 2.03. The number of hydrogen-bond donors (Lipinski definition) is 1. The first kappa shape index (κ1) is 15.7. The van der Waals surface area contributed by atoms with Crippen LogP contribution in [0, 0.1) is 5.92 Å². The summed E-state index contributed by atoms with van der Waals surface area (Å²) in [6.07, 6.45) is 7.46. The average Bonchev–Trinajstić information content (AvgIpc) is 2.42. The first-order chi connectivity index (χ1) is 9.52. The van der Waals surface area contributed by atoms with Crippen molar-refractivity contribution in [3.63, 3.8) is 0 Å². The second-order valence-electron chi connectivity index (χ2n) is 6.34. The molecule has 1 heterocycles. The topological polar surface area (TPSA) is 49.4 Å². The molecule has 1 aliphatic heterocycles. The van der Waals surface area contributed by atoms with Gasteiger partial charge in [0.2, 0.25) is 11.8 Å². The molecule has 3 unspecified atom stereocenters. The summed E-state index contributed by atoms with van der Waals surface area (Å²) in [6, 6.07) is -0.0763. The van der Waals surface area contributed by atoms with Crippen LogP contribution in [0.15, 0.2) is 0 Å². The monoisotopic (exact) mass is 298 g/mol. The summed E-state index contributed by atoms with van der Waals surface area (Å²) >= 11 is 1.84. The maximum atomic E-state index is 12.7. The highest BCUT2D eigenvalue weighted by atomic mass is 32.2. The van der Waals surface area contributed by atoms with Gasteiger partial charge in [-0.25, -0.2) is 0 Å². The molecule has 0 aromatic heterocycles. The zero-order valence-electron chi connectivity index (χ0n) is 12.7. The zero-order valence-corrected chi connectivity index (χ0v) is 13.5. The molecule has 114 valence electrons. The minimum atomic E-state index is -0.319. The summed E-state index contributed by atoms with van der Waals surface area (Å²) in [7, 11) is 0. The molecule has 0 radical (unpaired) electrons. The molecule has 3 atom stereocenters. The van der Waals surface area contributed by atoms with E-state index in [9.17, 15) is 9.59 Å².